The van der Waals surface area contributed by atoms with Crippen LogP contribution in [0.1, 0.15) is 10.4 Å². The number of nitro groups is 1. The van der Waals surface area contributed by atoms with Crippen LogP contribution in [0.25, 0.3) is 0 Å². The van der Waals surface area contributed by atoms with Gasteiger partial charge in [0.25, 0.3) is 11.6 Å². The molecule has 0 radical (unpaired) electrons. The Balaban J connectivity index is 2.45. The lowest BCUT2D eigenvalue weighted by Crippen LogP contribution is -2.14. The minimum absolute atomic E-state index is 0.152. The molecular weight excluding hydrogens is 344 g/mol. The van der Waals surface area contributed by atoms with E-state index in [9.17, 15) is 14.9 Å². The van der Waals surface area contributed by atoms with Gasteiger partial charge in [-0.05, 0) is 0 Å². The highest BCUT2D eigenvalue weighted by Crippen LogP contribution is 2.35. The first kappa shape index (κ1) is 18.8. The second-order valence-corrected chi connectivity index (χ2v) is 5.04. The van der Waals surface area contributed by atoms with Crippen LogP contribution in [0, 0.1) is 10.1 Å². The van der Waals surface area contributed by atoms with E-state index in [-0.39, 0.29) is 17.1 Å². The van der Waals surface area contributed by atoms with E-state index in [0.717, 1.165) is 6.07 Å². The molecule has 0 aromatic heterocycles. The number of hydrogen-bond donors (Lipinski definition) is 1. The molecule has 0 aliphatic heterocycles. The molecule has 1 amide bonds. The van der Waals surface area contributed by atoms with Crippen molar-refractivity contribution in [1.82, 2.24) is 0 Å². The summed E-state index contributed by atoms with van der Waals surface area (Å²) in [6, 6.07) is 7.15. The molecule has 1 N–H and O–H groups in total. The number of ether oxygens (including phenoxy) is 4. The first-order valence-corrected chi connectivity index (χ1v) is 7.38. The summed E-state index contributed by atoms with van der Waals surface area (Å²) in [4.78, 5) is 23.3. The molecule has 0 unspecified atom stereocenters. The molecule has 0 atom stereocenters. The van der Waals surface area contributed by atoms with Gasteiger partial charge in [0.15, 0.2) is 11.5 Å². The monoisotopic (exact) mass is 362 g/mol. The standard InChI is InChI=1S/C17H18N2O7/c1-23-11-5-10(6-12(7-11)24-2)18-17(20)13-8-15(25-3)16(26-4)9-14(13)19(21)22/h5-9H,1-4H3,(H,18,20). The zero-order valence-corrected chi connectivity index (χ0v) is 14.7. The van der Waals surface area contributed by atoms with Crippen molar-refractivity contribution in [3.63, 3.8) is 0 Å². The molecule has 0 heterocycles. The van der Waals surface area contributed by atoms with Crippen molar-refractivity contribution in [2.75, 3.05) is 33.8 Å². The van der Waals surface area contributed by atoms with Crippen molar-refractivity contribution in [2.24, 2.45) is 0 Å². The van der Waals surface area contributed by atoms with Crippen LogP contribution in [0.2, 0.25) is 0 Å². The number of nitrogens with zero attached hydrogens (tertiary/aromatic N) is 1. The fourth-order valence-corrected chi connectivity index (χ4v) is 2.28. The SMILES string of the molecule is COc1cc(NC(=O)c2cc(OC)c(OC)cc2[N+](=O)[O-])cc(OC)c1. The Morgan fingerprint density at radius 3 is 1.88 bits per heavy atom. The summed E-state index contributed by atoms with van der Waals surface area (Å²) in [5.41, 5.74) is -0.222. The van der Waals surface area contributed by atoms with Gasteiger partial charge in [-0.3, -0.25) is 14.9 Å². The Morgan fingerprint density at radius 2 is 1.42 bits per heavy atom. The molecule has 138 valence electrons. The molecule has 0 saturated carbocycles. The minimum Gasteiger partial charge on any atom is -0.497 e. The number of benzene rings is 2. The van der Waals surface area contributed by atoms with E-state index in [1.807, 2.05) is 0 Å². The van der Waals surface area contributed by atoms with E-state index in [2.05, 4.69) is 5.32 Å². The third-order valence-electron chi connectivity index (χ3n) is 3.55. The summed E-state index contributed by atoms with van der Waals surface area (Å²) in [5, 5.41) is 13.9. The number of rotatable bonds is 7. The van der Waals surface area contributed by atoms with Gasteiger partial charge in [-0.1, -0.05) is 0 Å². The van der Waals surface area contributed by atoms with Crippen LogP contribution in [-0.4, -0.2) is 39.3 Å². The van der Waals surface area contributed by atoms with Crippen LogP contribution in [0.15, 0.2) is 30.3 Å². The second kappa shape index (κ2) is 8.06. The van der Waals surface area contributed by atoms with E-state index in [1.54, 1.807) is 18.2 Å². The summed E-state index contributed by atoms with van der Waals surface area (Å²) in [6.45, 7) is 0. The predicted molar refractivity (Wildman–Crippen MR) is 93.7 cm³/mol. The summed E-state index contributed by atoms with van der Waals surface area (Å²) in [6.07, 6.45) is 0. The number of carbonyl (C=O) groups is 1. The number of anilines is 1. The van der Waals surface area contributed by atoms with Gasteiger partial charge in [-0.15, -0.1) is 0 Å². The van der Waals surface area contributed by atoms with Gasteiger partial charge in [0, 0.05) is 30.0 Å². The number of methoxy groups -OCH3 is 4. The molecule has 0 bridgehead atoms. The third-order valence-corrected chi connectivity index (χ3v) is 3.55. The van der Waals surface area contributed by atoms with E-state index >= 15 is 0 Å². The maximum atomic E-state index is 12.6. The number of carbonyl (C=O) groups excluding carboxylic acids is 1. The predicted octanol–water partition coefficient (Wildman–Crippen LogP) is 2.88. The van der Waals surface area contributed by atoms with Crippen molar-refractivity contribution in [3.05, 3.63) is 46.0 Å². The highest BCUT2D eigenvalue weighted by molar-refractivity contribution is 6.07. The largest absolute Gasteiger partial charge is 0.497 e. The molecule has 0 fully saturated rings. The number of nitro benzene ring substituents is 1. The van der Waals surface area contributed by atoms with Gasteiger partial charge in [0.2, 0.25) is 0 Å². The van der Waals surface area contributed by atoms with Crippen molar-refractivity contribution in [2.45, 2.75) is 0 Å². The number of hydrogen-bond acceptors (Lipinski definition) is 7. The van der Waals surface area contributed by atoms with Gasteiger partial charge in [-0.25, -0.2) is 0 Å². The lowest BCUT2D eigenvalue weighted by molar-refractivity contribution is -0.385. The Labute approximate surface area is 149 Å². The smallest absolute Gasteiger partial charge is 0.286 e. The quantitative estimate of drug-likeness (QED) is 0.596. The second-order valence-electron chi connectivity index (χ2n) is 5.04. The molecule has 2 aromatic carbocycles. The van der Waals surface area contributed by atoms with E-state index in [0.29, 0.717) is 17.2 Å². The lowest BCUT2D eigenvalue weighted by Gasteiger charge is -2.12. The topological polar surface area (TPSA) is 109 Å². The highest BCUT2D eigenvalue weighted by atomic mass is 16.6. The Hall–Kier alpha value is -3.49. The Bertz CT molecular complexity index is 814. The Kier molecular flexibility index (Phi) is 5.84. The van der Waals surface area contributed by atoms with Crippen molar-refractivity contribution in [3.8, 4) is 23.0 Å². The van der Waals surface area contributed by atoms with Crippen molar-refractivity contribution in [1.29, 1.82) is 0 Å². The van der Waals surface area contributed by atoms with Gasteiger partial charge in [0.05, 0.1) is 39.4 Å². The highest BCUT2D eigenvalue weighted by Gasteiger charge is 2.25. The van der Waals surface area contributed by atoms with Gasteiger partial charge >= 0.3 is 0 Å². The van der Waals surface area contributed by atoms with E-state index < -0.39 is 16.5 Å². The average molecular weight is 362 g/mol. The normalized spacial score (nSPS) is 10.0. The van der Waals surface area contributed by atoms with Crippen LogP contribution in [0.5, 0.6) is 23.0 Å². The van der Waals surface area contributed by atoms with Crippen LogP contribution < -0.4 is 24.3 Å². The van der Waals surface area contributed by atoms with Crippen LogP contribution >= 0.6 is 0 Å². The summed E-state index contributed by atoms with van der Waals surface area (Å²) in [7, 11) is 5.67. The molecule has 0 aliphatic carbocycles. The maximum absolute atomic E-state index is 12.6. The van der Waals surface area contributed by atoms with Crippen LogP contribution in [0.3, 0.4) is 0 Å². The summed E-state index contributed by atoms with van der Waals surface area (Å²) < 4.78 is 20.4. The van der Waals surface area contributed by atoms with Crippen LogP contribution in [-0.2, 0) is 0 Å². The number of nitrogens with one attached hydrogen (secondary N) is 1. The van der Waals surface area contributed by atoms with Crippen molar-refractivity contribution >= 4 is 17.3 Å². The van der Waals surface area contributed by atoms with E-state index in [4.69, 9.17) is 18.9 Å². The summed E-state index contributed by atoms with van der Waals surface area (Å²) >= 11 is 0. The molecule has 9 nitrogen and oxygen atoms in total. The third kappa shape index (κ3) is 3.94. The number of amides is 1. The van der Waals surface area contributed by atoms with Crippen molar-refractivity contribution < 1.29 is 28.7 Å². The molecule has 0 spiro atoms. The maximum Gasteiger partial charge on any atom is 0.286 e. The molecule has 0 saturated heterocycles. The van der Waals surface area contributed by atoms with Gasteiger partial charge in [0.1, 0.15) is 17.1 Å². The molecule has 2 aromatic rings. The van der Waals surface area contributed by atoms with Gasteiger partial charge < -0.3 is 24.3 Å². The van der Waals surface area contributed by atoms with Gasteiger partial charge in [-0.2, -0.15) is 0 Å². The summed E-state index contributed by atoms with van der Waals surface area (Å²) in [5.74, 6) is 0.584. The van der Waals surface area contributed by atoms with Crippen LogP contribution in [0.4, 0.5) is 11.4 Å². The van der Waals surface area contributed by atoms with E-state index in [1.165, 1.54) is 34.5 Å². The first-order chi connectivity index (χ1) is 12.4. The molecule has 9 heteroatoms. The average Bonchev–Trinajstić information content (AvgIpc) is 2.66. The first-order valence-electron chi connectivity index (χ1n) is 7.38. The Morgan fingerprint density at radius 1 is 0.885 bits per heavy atom. The zero-order valence-electron chi connectivity index (χ0n) is 14.7. The molecular formula is C17H18N2O7. The lowest BCUT2D eigenvalue weighted by atomic mass is 10.1. The fourth-order valence-electron chi connectivity index (χ4n) is 2.28. The molecule has 0 aliphatic rings. The molecule has 26 heavy (non-hydrogen) atoms. The minimum atomic E-state index is -0.687. The zero-order chi connectivity index (χ0) is 19.3. The fraction of sp³-hybridized carbons (Fsp3) is 0.235. The molecule has 2 rings (SSSR count).